The highest BCUT2D eigenvalue weighted by atomic mass is 32.1. The zero-order valence-electron chi connectivity index (χ0n) is 11.9. The molecule has 2 aromatic rings. The van der Waals surface area contributed by atoms with Gasteiger partial charge >= 0.3 is 0 Å². The highest BCUT2D eigenvalue weighted by Crippen LogP contribution is 2.31. The molecular formula is C15H20N2OS. The van der Waals surface area contributed by atoms with E-state index in [4.69, 9.17) is 4.74 Å². The molecule has 0 aliphatic rings. The highest BCUT2D eigenvalue weighted by Gasteiger charge is 2.17. The molecule has 2 rings (SSSR count). The van der Waals surface area contributed by atoms with Gasteiger partial charge in [0.1, 0.15) is 5.75 Å². The predicted molar refractivity (Wildman–Crippen MR) is 81.7 cm³/mol. The molecule has 0 radical (unpaired) electrons. The predicted octanol–water partition coefficient (Wildman–Crippen LogP) is 4.58. The molecule has 0 unspecified atom stereocenters. The molecule has 1 N–H and O–H groups in total. The monoisotopic (exact) mass is 276 g/mol. The van der Waals surface area contributed by atoms with Crippen LogP contribution in [0.5, 0.6) is 5.75 Å². The molecule has 19 heavy (non-hydrogen) atoms. The quantitative estimate of drug-likeness (QED) is 0.887. The molecule has 0 aliphatic carbocycles. The summed E-state index contributed by atoms with van der Waals surface area (Å²) in [5.41, 5.74) is 2.14. The maximum absolute atomic E-state index is 5.60. The Morgan fingerprint density at radius 1 is 1.26 bits per heavy atom. The molecule has 0 aliphatic heterocycles. The maximum atomic E-state index is 5.60. The van der Waals surface area contributed by atoms with Gasteiger partial charge in [-0.15, -0.1) is 11.3 Å². The normalized spacial score (nSPS) is 11.4. The number of hydrogen-bond acceptors (Lipinski definition) is 4. The molecule has 1 aromatic carbocycles. The first kappa shape index (κ1) is 13.9. The van der Waals surface area contributed by atoms with Gasteiger partial charge in [-0.3, -0.25) is 0 Å². The van der Waals surface area contributed by atoms with Crippen molar-refractivity contribution in [3.8, 4) is 5.75 Å². The molecule has 102 valence electrons. The number of benzene rings is 1. The van der Waals surface area contributed by atoms with E-state index in [-0.39, 0.29) is 5.41 Å². The van der Waals surface area contributed by atoms with Gasteiger partial charge in [-0.25, -0.2) is 4.98 Å². The molecule has 0 bridgehead atoms. The van der Waals surface area contributed by atoms with E-state index in [9.17, 15) is 0 Å². The summed E-state index contributed by atoms with van der Waals surface area (Å²) in [5.74, 6) is 0.859. The molecule has 0 amide bonds. The third-order valence-corrected chi connectivity index (χ3v) is 3.46. The van der Waals surface area contributed by atoms with Crippen LogP contribution in [-0.4, -0.2) is 11.6 Å². The van der Waals surface area contributed by atoms with Gasteiger partial charge in [-0.2, -0.15) is 0 Å². The number of rotatable bonds is 4. The SMILES string of the molecule is CCOc1ccccc1Nc1nc(C(C)(C)C)cs1. The third-order valence-electron chi connectivity index (χ3n) is 2.70. The molecule has 0 fully saturated rings. The summed E-state index contributed by atoms with van der Waals surface area (Å²) in [4.78, 5) is 4.63. The molecule has 0 saturated heterocycles. The van der Waals surface area contributed by atoms with Crippen LogP contribution >= 0.6 is 11.3 Å². The molecule has 1 heterocycles. The van der Waals surface area contributed by atoms with Gasteiger partial charge in [0.15, 0.2) is 5.13 Å². The topological polar surface area (TPSA) is 34.1 Å². The second-order valence-corrected chi connectivity index (χ2v) is 6.20. The van der Waals surface area contributed by atoms with Crippen LogP contribution in [0.4, 0.5) is 10.8 Å². The number of hydrogen-bond donors (Lipinski definition) is 1. The van der Waals surface area contributed by atoms with Gasteiger partial charge in [-0.1, -0.05) is 32.9 Å². The van der Waals surface area contributed by atoms with Crippen LogP contribution in [0.2, 0.25) is 0 Å². The lowest BCUT2D eigenvalue weighted by molar-refractivity contribution is 0.342. The fourth-order valence-electron chi connectivity index (χ4n) is 1.64. The van der Waals surface area contributed by atoms with Gasteiger partial charge in [0.2, 0.25) is 0 Å². The van der Waals surface area contributed by atoms with Crippen LogP contribution in [-0.2, 0) is 5.41 Å². The van der Waals surface area contributed by atoms with E-state index in [1.165, 1.54) is 0 Å². The van der Waals surface area contributed by atoms with Gasteiger partial charge in [0.05, 0.1) is 18.0 Å². The number of thiazole rings is 1. The lowest BCUT2D eigenvalue weighted by Gasteiger charge is -2.14. The van der Waals surface area contributed by atoms with E-state index in [1.54, 1.807) is 11.3 Å². The van der Waals surface area contributed by atoms with Crippen LogP contribution in [0, 0.1) is 0 Å². The van der Waals surface area contributed by atoms with Crippen molar-refractivity contribution in [3.63, 3.8) is 0 Å². The molecule has 0 atom stereocenters. The molecule has 4 heteroatoms. The van der Waals surface area contributed by atoms with E-state index in [0.717, 1.165) is 22.3 Å². The first-order valence-electron chi connectivity index (χ1n) is 6.45. The Bertz CT molecular complexity index is 543. The van der Waals surface area contributed by atoms with Crippen molar-refractivity contribution in [1.82, 2.24) is 4.98 Å². The Balaban J connectivity index is 2.19. The lowest BCUT2D eigenvalue weighted by atomic mass is 9.93. The van der Waals surface area contributed by atoms with Gasteiger partial charge in [0, 0.05) is 10.8 Å². The Morgan fingerprint density at radius 2 is 2.00 bits per heavy atom. The summed E-state index contributed by atoms with van der Waals surface area (Å²) in [6, 6.07) is 7.93. The van der Waals surface area contributed by atoms with Gasteiger partial charge in [0.25, 0.3) is 0 Å². The first-order chi connectivity index (χ1) is 9.00. The number of nitrogens with one attached hydrogen (secondary N) is 1. The fourth-order valence-corrected chi connectivity index (χ4v) is 2.59. The number of para-hydroxylation sites is 2. The third kappa shape index (κ3) is 3.47. The summed E-state index contributed by atoms with van der Waals surface area (Å²) in [5, 5.41) is 6.34. The molecule has 1 aromatic heterocycles. The minimum absolute atomic E-state index is 0.0792. The number of nitrogens with zero attached hydrogens (tertiary/aromatic N) is 1. The zero-order valence-corrected chi connectivity index (χ0v) is 12.7. The standard InChI is InChI=1S/C15H20N2OS/c1-5-18-12-9-7-6-8-11(12)16-14-17-13(10-19-14)15(2,3)4/h6-10H,5H2,1-4H3,(H,16,17). The van der Waals surface area contributed by atoms with Crippen LogP contribution in [0.3, 0.4) is 0 Å². The Hall–Kier alpha value is -1.55. The van der Waals surface area contributed by atoms with Crippen molar-refractivity contribution < 1.29 is 4.74 Å². The second-order valence-electron chi connectivity index (χ2n) is 5.34. The molecular weight excluding hydrogens is 256 g/mol. The maximum Gasteiger partial charge on any atom is 0.187 e. The number of aromatic nitrogens is 1. The lowest BCUT2D eigenvalue weighted by Crippen LogP contribution is -2.11. The van der Waals surface area contributed by atoms with Gasteiger partial charge in [-0.05, 0) is 19.1 Å². The summed E-state index contributed by atoms with van der Waals surface area (Å²) in [7, 11) is 0. The van der Waals surface area contributed by atoms with Crippen LogP contribution in [0.1, 0.15) is 33.4 Å². The van der Waals surface area contributed by atoms with Crippen molar-refractivity contribution in [2.45, 2.75) is 33.1 Å². The van der Waals surface area contributed by atoms with E-state index < -0.39 is 0 Å². The van der Waals surface area contributed by atoms with E-state index in [2.05, 4.69) is 36.5 Å². The molecule has 0 saturated carbocycles. The molecule has 0 spiro atoms. The van der Waals surface area contributed by atoms with Crippen molar-refractivity contribution >= 4 is 22.2 Å². The number of ether oxygens (including phenoxy) is 1. The van der Waals surface area contributed by atoms with Crippen LogP contribution in [0.15, 0.2) is 29.6 Å². The van der Waals surface area contributed by atoms with Crippen LogP contribution in [0.25, 0.3) is 0 Å². The van der Waals surface area contributed by atoms with Crippen molar-refractivity contribution in [2.75, 3.05) is 11.9 Å². The largest absolute Gasteiger partial charge is 0.492 e. The van der Waals surface area contributed by atoms with Crippen LogP contribution < -0.4 is 10.1 Å². The van der Waals surface area contributed by atoms with Crippen molar-refractivity contribution in [3.05, 3.63) is 35.3 Å². The van der Waals surface area contributed by atoms with Crippen molar-refractivity contribution in [1.29, 1.82) is 0 Å². The second kappa shape index (κ2) is 5.61. The summed E-state index contributed by atoms with van der Waals surface area (Å²) >= 11 is 1.62. The van der Waals surface area contributed by atoms with Gasteiger partial charge < -0.3 is 10.1 Å². The Labute approximate surface area is 118 Å². The smallest absolute Gasteiger partial charge is 0.187 e. The Morgan fingerprint density at radius 3 is 2.63 bits per heavy atom. The summed E-state index contributed by atoms with van der Waals surface area (Å²) < 4.78 is 5.60. The molecule has 3 nitrogen and oxygen atoms in total. The van der Waals surface area contributed by atoms with E-state index in [1.807, 2.05) is 31.2 Å². The summed E-state index contributed by atoms with van der Waals surface area (Å²) in [6.45, 7) is 9.14. The first-order valence-corrected chi connectivity index (χ1v) is 7.33. The zero-order chi connectivity index (χ0) is 13.9. The fraction of sp³-hybridized carbons (Fsp3) is 0.400. The average Bonchev–Trinajstić information content (AvgIpc) is 2.80. The number of anilines is 2. The summed E-state index contributed by atoms with van der Waals surface area (Å²) in [6.07, 6.45) is 0. The average molecular weight is 276 g/mol. The highest BCUT2D eigenvalue weighted by molar-refractivity contribution is 7.13. The van der Waals surface area contributed by atoms with E-state index in [0.29, 0.717) is 6.61 Å². The van der Waals surface area contributed by atoms with Crippen molar-refractivity contribution in [2.24, 2.45) is 0 Å². The Kier molecular flexibility index (Phi) is 4.10. The van der Waals surface area contributed by atoms with E-state index >= 15 is 0 Å². The minimum atomic E-state index is 0.0792. The minimum Gasteiger partial charge on any atom is -0.492 e.